The van der Waals surface area contributed by atoms with Crippen molar-refractivity contribution in [2.24, 2.45) is 0 Å². The number of rotatable bonds is 10. The largest absolute Gasteiger partial charge is 1.00 e. The van der Waals surface area contributed by atoms with E-state index in [2.05, 4.69) is 4.98 Å². The standard InChI is InChI=1S/C23H24FNO7S.Li/c1-28-17-10-8-15(9-11-17)22(32-20-7-5-6-12-25-20)23(24,33(26)27)16-13-18(29-2)21(31-4)19(14-16)30-3;/h5-14,22H,1-4H3,(H,26,27);/q;+1/p-1/t22-,23-;/m0./s1. The summed E-state index contributed by atoms with van der Waals surface area (Å²) in [5.41, 5.74) is -0.0380. The first-order chi connectivity index (χ1) is 15.9. The summed E-state index contributed by atoms with van der Waals surface area (Å²) in [6.45, 7) is 0. The Labute approximate surface area is 211 Å². The molecule has 0 spiro atoms. The average Bonchev–Trinajstić information content (AvgIpc) is 2.86. The zero-order chi connectivity index (χ0) is 24.0. The van der Waals surface area contributed by atoms with E-state index in [-0.39, 0.29) is 53.1 Å². The fourth-order valence-corrected chi connectivity index (χ4v) is 3.96. The predicted molar refractivity (Wildman–Crippen MR) is 118 cm³/mol. The van der Waals surface area contributed by atoms with Gasteiger partial charge in [-0.1, -0.05) is 18.2 Å². The Kier molecular flexibility index (Phi) is 9.76. The van der Waals surface area contributed by atoms with E-state index in [0.717, 1.165) is 0 Å². The third kappa shape index (κ3) is 5.47. The van der Waals surface area contributed by atoms with Crippen molar-refractivity contribution in [2.75, 3.05) is 28.4 Å². The molecule has 34 heavy (non-hydrogen) atoms. The minimum atomic E-state index is -3.31. The van der Waals surface area contributed by atoms with Crippen molar-refractivity contribution in [3.63, 3.8) is 0 Å². The van der Waals surface area contributed by atoms with Gasteiger partial charge in [-0.05, 0) is 47.0 Å². The number of aromatic nitrogens is 1. The van der Waals surface area contributed by atoms with Crippen LogP contribution < -0.4 is 42.5 Å². The van der Waals surface area contributed by atoms with Crippen LogP contribution in [-0.4, -0.2) is 42.2 Å². The van der Waals surface area contributed by atoms with Gasteiger partial charge < -0.3 is 28.2 Å². The number of halogens is 1. The summed E-state index contributed by atoms with van der Waals surface area (Å²) in [5.74, 6) is 0.916. The van der Waals surface area contributed by atoms with E-state index in [9.17, 15) is 8.76 Å². The average molecular weight is 483 g/mol. The molecule has 0 radical (unpaired) electrons. The van der Waals surface area contributed by atoms with Gasteiger partial charge in [0.1, 0.15) is 5.75 Å². The number of ether oxygens (including phenoxy) is 5. The molecule has 2 aromatic carbocycles. The van der Waals surface area contributed by atoms with Gasteiger partial charge in [0.2, 0.25) is 16.6 Å². The van der Waals surface area contributed by atoms with Gasteiger partial charge in [0, 0.05) is 17.8 Å². The van der Waals surface area contributed by atoms with Gasteiger partial charge in [-0.3, -0.25) is 4.21 Å². The third-order valence-electron chi connectivity index (χ3n) is 4.93. The van der Waals surface area contributed by atoms with Crippen LogP contribution >= 0.6 is 0 Å². The van der Waals surface area contributed by atoms with Crippen LogP contribution in [0.2, 0.25) is 0 Å². The maximum absolute atomic E-state index is 16.8. The number of hydrogen-bond acceptors (Lipinski definition) is 8. The van der Waals surface area contributed by atoms with Gasteiger partial charge >= 0.3 is 18.9 Å². The Hall–Kier alpha value is -2.77. The number of methoxy groups -OCH3 is 4. The van der Waals surface area contributed by atoms with Crippen molar-refractivity contribution in [1.82, 2.24) is 4.98 Å². The van der Waals surface area contributed by atoms with Crippen LogP contribution in [0.3, 0.4) is 0 Å². The molecule has 1 aromatic heterocycles. The van der Waals surface area contributed by atoms with E-state index < -0.39 is 22.2 Å². The van der Waals surface area contributed by atoms with Gasteiger partial charge in [0.25, 0.3) is 0 Å². The van der Waals surface area contributed by atoms with Crippen molar-refractivity contribution >= 4 is 11.1 Å². The minimum Gasteiger partial charge on any atom is -0.770 e. The monoisotopic (exact) mass is 483 g/mol. The number of nitrogens with zero attached hydrogens (tertiary/aromatic N) is 1. The van der Waals surface area contributed by atoms with Gasteiger partial charge in [0.15, 0.2) is 17.6 Å². The molecule has 0 amide bonds. The van der Waals surface area contributed by atoms with Crippen molar-refractivity contribution in [2.45, 2.75) is 11.1 Å². The summed E-state index contributed by atoms with van der Waals surface area (Å²) >= 11 is -3.31. The van der Waals surface area contributed by atoms with Crippen molar-refractivity contribution in [1.29, 1.82) is 0 Å². The first kappa shape index (κ1) is 27.5. The second kappa shape index (κ2) is 12.1. The SMILES string of the molecule is COc1ccc([C@H](Oc2ccccn2)[C@](F)(c2cc(OC)c(OC)c(OC)c2)S(=O)[O-])cc1.[Li+]. The molecule has 11 heteroatoms. The van der Waals surface area contributed by atoms with Crippen LogP contribution in [0.1, 0.15) is 17.2 Å². The van der Waals surface area contributed by atoms with Crippen molar-refractivity contribution < 1.29 is 55.7 Å². The van der Waals surface area contributed by atoms with E-state index in [4.69, 9.17) is 23.7 Å². The van der Waals surface area contributed by atoms with Crippen molar-refractivity contribution in [3.8, 4) is 28.9 Å². The molecule has 0 bridgehead atoms. The third-order valence-corrected chi connectivity index (χ3v) is 5.87. The fraction of sp³-hybridized carbons (Fsp3) is 0.261. The molecule has 0 aliphatic rings. The van der Waals surface area contributed by atoms with E-state index in [1.807, 2.05) is 0 Å². The smallest absolute Gasteiger partial charge is 0.770 e. The molecule has 8 nitrogen and oxygen atoms in total. The fourth-order valence-electron chi connectivity index (χ4n) is 3.29. The van der Waals surface area contributed by atoms with E-state index in [1.54, 1.807) is 24.3 Å². The molecule has 176 valence electrons. The summed E-state index contributed by atoms with van der Waals surface area (Å²) in [7, 11) is 5.57. The zero-order valence-corrected chi connectivity index (χ0v) is 20.3. The van der Waals surface area contributed by atoms with E-state index in [1.165, 1.54) is 65.0 Å². The summed E-state index contributed by atoms with van der Waals surface area (Å²) in [6, 6.07) is 13.5. The summed E-state index contributed by atoms with van der Waals surface area (Å²) in [5, 5.41) is -3.07. The Morgan fingerprint density at radius 1 is 0.941 bits per heavy atom. The van der Waals surface area contributed by atoms with Crippen LogP contribution in [0.5, 0.6) is 28.9 Å². The molecule has 3 aromatic rings. The number of benzene rings is 2. The Bertz CT molecular complexity index is 1080. The molecule has 0 aliphatic carbocycles. The van der Waals surface area contributed by atoms with Crippen LogP contribution in [0.15, 0.2) is 60.8 Å². The second-order valence-electron chi connectivity index (χ2n) is 6.73. The summed E-state index contributed by atoms with van der Waals surface area (Å²) in [4.78, 5) is 4.06. The van der Waals surface area contributed by atoms with Crippen LogP contribution in [-0.2, 0) is 16.1 Å². The molecule has 0 saturated heterocycles. The van der Waals surface area contributed by atoms with Gasteiger partial charge in [0.05, 0.1) is 28.4 Å². The molecule has 0 saturated carbocycles. The molecular weight excluding hydrogens is 460 g/mol. The molecule has 1 unspecified atom stereocenters. The summed E-state index contributed by atoms with van der Waals surface area (Å²) < 4.78 is 68.6. The first-order valence-electron chi connectivity index (χ1n) is 9.69. The maximum Gasteiger partial charge on any atom is 1.00 e. The molecule has 1 heterocycles. The Balaban J connectivity index is 0.00000408. The van der Waals surface area contributed by atoms with Crippen molar-refractivity contribution in [3.05, 3.63) is 71.9 Å². The van der Waals surface area contributed by atoms with Gasteiger partial charge in [-0.2, -0.15) is 0 Å². The van der Waals surface area contributed by atoms with Gasteiger partial charge in [-0.25, -0.2) is 9.37 Å². The van der Waals surface area contributed by atoms with Gasteiger partial charge in [-0.15, -0.1) is 0 Å². The second-order valence-corrected chi connectivity index (χ2v) is 7.80. The maximum atomic E-state index is 16.8. The first-order valence-corrected chi connectivity index (χ1v) is 10.8. The Morgan fingerprint density at radius 2 is 1.56 bits per heavy atom. The Morgan fingerprint density at radius 3 is 2.00 bits per heavy atom. The normalized spacial score (nSPS) is 14.1. The number of alkyl halides is 1. The summed E-state index contributed by atoms with van der Waals surface area (Å²) in [6.07, 6.45) is -0.187. The minimum absolute atomic E-state index is 0. The van der Waals surface area contributed by atoms with Crippen LogP contribution in [0.25, 0.3) is 0 Å². The molecule has 0 fully saturated rings. The van der Waals surface area contributed by atoms with Crippen LogP contribution in [0.4, 0.5) is 4.39 Å². The van der Waals surface area contributed by atoms with Crippen LogP contribution in [0, 0.1) is 0 Å². The molecule has 3 rings (SSSR count). The quantitative estimate of drug-likeness (QED) is 0.311. The topological polar surface area (TPSA) is 99.2 Å². The molecule has 0 aliphatic heterocycles. The number of hydrogen-bond donors (Lipinski definition) is 0. The molecular formula is C23H23FLiNO7S. The zero-order valence-electron chi connectivity index (χ0n) is 19.4. The molecule has 3 atom stereocenters. The predicted octanol–water partition coefficient (Wildman–Crippen LogP) is 0.942. The molecule has 0 N–H and O–H groups in total. The van der Waals surface area contributed by atoms with E-state index >= 15 is 4.39 Å². The number of pyridine rings is 1. The van der Waals surface area contributed by atoms with E-state index in [0.29, 0.717) is 5.75 Å².